The topological polar surface area (TPSA) is 79.6 Å². The molecule has 23 heavy (non-hydrogen) atoms. The van der Waals surface area contributed by atoms with Crippen LogP contribution in [-0.2, 0) is 6.54 Å². The van der Waals surface area contributed by atoms with Crippen LogP contribution in [0.1, 0.15) is 23.3 Å². The van der Waals surface area contributed by atoms with Crippen molar-refractivity contribution < 1.29 is 4.92 Å². The molecule has 1 unspecified atom stereocenters. The Balaban J connectivity index is 1.82. The van der Waals surface area contributed by atoms with Crippen molar-refractivity contribution in [2.45, 2.75) is 19.4 Å². The third kappa shape index (κ3) is 5.07. The van der Waals surface area contributed by atoms with E-state index in [0.29, 0.717) is 18.4 Å². The van der Waals surface area contributed by atoms with Crippen molar-refractivity contribution in [1.82, 2.24) is 10.6 Å². The Bertz CT molecular complexity index is 653. The minimum atomic E-state index is -0.399. The van der Waals surface area contributed by atoms with Crippen LogP contribution in [0.25, 0.3) is 0 Å². The highest BCUT2D eigenvalue weighted by atomic mass is 32.1. The van der Waals surface area contributed by atoms with Crippen LogP contribution >= 0.6 is 11.3 Å². The molecule has 1 aromatic heterocycles. The Morgan fingerprint density at radius 2 is 2.04 bits per heavy atom. The predicted octanol–water partition coefficient (Wildman–Crippen LogP) is 3.13. The number of rotatable bonds is 6. The van der Waals surface area contributed by atoms with Gasteiger partial charge in [-0.05, 0) is 17.0 Å². The van der Waals surface area contributed by atoms with Crippen molar-refractivity contribution in [1.29, 1.82) is 0 Å². The largest absolute Gasteiger partial charge is 0.356 e. The number of nitrogens with one attached hydrogen (secondary N) is 2. The maximum atomic E-state index is 10.6. The van der Waals surface area contributed by atoms with Crippen LogP contribution in [-0.4, -0.2) is 24.5 Å². The first-order valence-electron chi connectivity index (χ1n) is 7.31. The summed E-state index contributed by atoms with van der Waals surface area (Å²) >= 11 is 1.75. The monoisotopic (exact) mass is 332 g/mol. The number of nitro benzene ring substituents is 1. The summed E-state index contributed by atoms with van der Waals surface area (Å²) in [6.45, 7) is 3.52. The molecule has 2 N–H and O–H groups in total. The summed E-state index contributed by atoms with van der Waals surface area (Å²) in [7, 11) is 1.72. The minimum Gasteiger partial charge on any atom is -0.356 e. The van der Waals surface area contributed by atoms with E-state index in [9.17, 15) is 10.1 Å². The maximum absolute atomic E-state index is 10.6. The zero-order chi connectivity index (χ0) is 16.7. The molecular formula is C16H20N4O2S. The van der Waals surface area contributed by atoms with Gasteiger partial charge in [-0.1, -0.05) is 25.1 Å². The molecule has 2 aromatic rings. The molecule has 1 aromatic carbocycles. The fourth-order valence-corrected chi connectivity index (χ4v) is 2.85. The molecule has 0 fully saturated rings. The van der Waals surface area contributed by atoms with Crippen LogP contribution in [0.2, 0.25) is 0 Å². The quantitative estimate of drug-likeness (QED) is 0.369. The summed E-state index contributed by atoms with van der Waals surface area (Å²) < 4.78 is 0. The van der Waals surface area contributed by atoms with E-state index in [1.165, 1.54) is 17.0 Å². The van der Waals surface area contributed by atoms with Crippen LogP contribution in [0.3, 0.4) is 0 Å². The highest BCUT2D eigenvalue weighted by Crippen LogP contribution is 2.19. The van der Waals surface area contributed by atoms with E-state index in [-0.39, 0.29) is 5.69 Å². The van der Waals surface area contributed by atoms with Gasteiger partial charge in [0.05, 0.1) is 4.92 Å². The average molecular weight is 332 g/mol. The van der Waals surface area contributed by atoms with Gasteiger partial charge >= 0.3 is 0 Å². The Hall–Kier alpha value is -2.41. The number of aliphatic imine (C=N–C) groups is 1. The third-order valence-electron chi connectivity index (χ3n) is 3.44. The number of hydrogen-bond acceptors (Lipinski definition) is 4. The minimum absolute atomic E-state index is 0.0982. The van der Waals surface area contributed by atoms with Crippen LogP contribution < -0.4 is 10.6 Å². The summed E-state index contributed by atoms with van der Waals surface area (Å²) in [5.41, 5.74) is 1.06. The van der Waals surface area contributed by atoms with Gasteiger partial charge in [-0.15, -0.1) is 11.3 Å². The van der Waals surface area contributed by atoms with Crippen LogP contribution in [0.15, 0.2) is 46.8 Å². The summed E-state index contributed by atoms with van der Waals surface area (Å²) in [5, 5.41) is 19.2. The second-order valence-corrected chi connectivity index (χ2v) is 6.13. The van der Waals surface area contributed by atoms with Crippen molar-refractivity contribution in [3.63, 3.8) is 0 Å². The van der Waals surface area contributed by atoms with Crippen molar-refractivity contribution in [2.75, 3.05) is 13.6 Å². The SMILES string of the molecule is CN=C(NCc1ccc([N+](=O)[O-])cc1)NCC(C)c1cccs1. The zero-order valence-corrected chi connectivity index (χ0v) is 14.0. The molecule has 0 saturated heterocycles. The van der Waals surface area contributed by atoms with Crippen LogP contribution in [0, 0.1) is 10.1 Å². The lowest BCUT2D eigenvalue weighted by Crippen LogP contribution is -2.38. The predicted molar refractivity (Wildman–Crippen MR) is 94.0 cm³/mol. The van der Waals surface area contributed by atoms with Gasteiger partial charge in [0.2, 0.25) is 0 Å². The first-order chi connectivity index (χ1) is 11.1. The Labute approximate surface area is 139 Å². The van der Waals surface area contributed by atoms with Gasteiger partial charge in [0.15, 0.2) is 5.96 Å². The summed E-state index contributed by atoms with van der Waals surface area (Å²) in [6, 6.07) is 10.7. The molecular weight excluding hydrogens is 312 g/mol. The molecule has 122 valence electrons. The molecule has 0 spiro atoms. The number of benzene rings is 1. The molecule has 0 bridgehead atoms. The van der Waals surface area contributed by atoms with E-state index in [0.717, 1.165) is 12.1 Å². The fourth-order valence-electron chi connectivity index (χ4n) is 2.06. The smallest absolute Gasteiger partial charge is 0.269 e. The number of non-ortho nitro benzene ring substituents is 1. The van der Waals surface area contributed by atoms with E-state index in [4.69, 9.17) is 0 Å². The molecule has 2 rings (SSSR count). The van der Waals surface area contributed by atoms with E-state index >= 15 is 0 Å². The molecule has 7 heteroatoms. The third-order valence-corrected chi connectivity index (χ3v) is 4.54. The van der Waals surface area contributed by atoms with Gasteiger partial charge in [-0.2, -0.15) is 0 Å². The van der Waals surface area contributed by atoms with Crippen molar-refractivity contribution in [3.05, 3.63) is 62.3 Å². The zero-order valence-electron chi connectivity index (χ0n) is 13.2. The van der Waals surface area contributed by atoms with E-state index in [1.807, 2.05) is 0 Å². The van der Waals surface area contributed by atoms with Crippen LogP contribution in [0.4, 0.5) is 5.69 Å². The average Bonchev–Trinajstić information content (AvgIpc) is 3.09. The number of nitro groups is 1. The highest BCUT2D eigenvalue weighted by Gasteiger charge is 2.08. The summed E-state index contributed by atoms with van der Waals surface area (Å²) in [4.78, 5) is 15.8. The van der Waals surface area contributed by atoms with Crippen molar-refractivity contribution in [3.8, 4) is 0 Å². The standard InChI is InChI=1S/C16H20N4O2S/c1-12(15-4-3-9-23-15)10-18-16(17-2)19-11-13-5-7-14(8-6-13)20(21)22/h3-9,12H,10-11H2,1-2H3,(H2,17,18,19). The summed E-state index contributed by atoms with van der Waals surface area (Å²) in [5.74, 6) is 1.12. The van der Waals surface area contributed by atoms with Gasteiger partial charge in [0, 0.05) is 43.1 Å². The molecule has 1 heterocycles. The van der Waals surface area contributed by atoms with E-state index in [2.05, 4.69) is 40.1 Å². The van der Waals surface area contributed by atoms with Crippen molar-refractivity contribution >= 4 is 23.0 Å². The van der Waals surface area contributed by atoms with Gasteiger partial charge < -0.3 is 10.6 Å². The summed E-state index contributed by atoms with van der Waals surface area (Å²) in [6.07, 6.45) is 0. The molecule has 1 atom stereocenters. The lowest BCUT2D eigenvalue weighted by Gasteiger charge is -2.15. The molecule has 0 saturated carbocycles. The number of guanidine groups is 1. The van der Waals surface area contributed by atoms with Crippen molar-refractivity contribution in [2.24, 2.45) is 4.99 Å². The second-order valence-electron chi connectivity index (χ2n) is 5.15. The van der Waals surface area contributed by atoms with Gasteiger partial charge in [0.1, 0.15) is 0 Å². The van der Waals surface area contributed by atoms with Crippen LogP contribution in [0.5, 0.6) is 0 Å². The highest BCUT2D eigenvalue weighted by molar-refractivity contribution is 7.10. The molecule has 6 nitrogen and oxygen atoms in total. The Kier molecular flexibility index (Phi) is 6.10. The first-order valence-corrected chi connectivity index (χ1v) is 8.19. The normalized spacial score (nSPS) is 12.7. The molecule has 0 radical (unpaired) electrons. The number of thiophene rings is 1. The van der Waals surface area contributed by atoms with Gasteiger partial charge in [0.25, 0.3) is 5.69 Å². The number of nitrogens with zero attached hydrogens (tertiary/aromatic N) is 2. The Morgan fingerprint density at radius 1 is 1.30 bits per heavy atom. The molecule has 0 aliphatic carbocycles. The maximum Gasteiger partial charge on any atom is 0.269 e. The number of hydrogen-bond donors (Lipinski definition) is 2. The lowest BCUT2D eigenvalue weighted by molar-refractivity contribution is -0.384. The van der Waals surface area contributed by atoms with Gasteiger partial charge in [-0.3, -0.25) is 15.1 Å². The Morgan fingerprint density at radius 3 is 2.61 bits per heavy atom. The fraction of sp³-hybridized carbons (Fsp3) is 0.312. The molecule has 0 aliphatic heterocycles. The molecule has 0 aliphatic rings. The van der Waals surface area contributed by atoms with E-state index in [1.54, 1.807) is 30.5 Å². The van der Waals surface area contributed by atoms with E-state index < -0.39 is 4.92 Å². The lowest BCUT2D eigenvalue weighted by atomic mass is 10.1. The first kappa shape index (κ1) is 17.0. The van der Waals surface area contributed by atoms with Gasteiger partial charge in [-0.25, -0.2) is 0 Å². The second kappa shape index (κ2) is 8.28. The molecule has 0 amide bonds.